The van der Waals surface area contributed by atoms with Gasteiger partial charge in [0.15, 0.2) is 0 Å². The van der Waals surface area contributed by atoms with Crippen molar-refractivity contribution in [2.24, 2.45) is 0 Å². The van der Waals surface area contributed by atoms with E-state index in [1.54, 1.807) is 0 Å². The molecule has 0 aliphatic carbocycles. The number of carbonyl (C=O) groups is 2. The highest BCUT2D eigenvalue weighted by molar-refractivity contribution is 5.86. The Balaban J connectivity index is 0.00000182. The zero-order chi connectivity index (χ0) is 17.5. The first-order chi connectivity index (χ1) is 12.2. The largest absolute Gasteiger partial charge is 0.378 e. The van der Waals surface area contributed by atoms with Crippen LogP contribution in [0.3, 0.4) is 0 Å². The number of nitrogens with one attached hydrogen (secondary N) is 2. The van der Waals surface area contributed by atoms with Crippen LogP contribution in [-0.4, -0.2) is 75.2 Å². The smallest absolute Gasteiger partial charge is 0.242 e. The third kappa shape index (κ3) is 7.18. The van der Waals surface area contributed by atoms with Crippen molar-refractivity contribution in [3.8, 4) is 0 Å². The van der Waals surface area contributed by atoms with Crippen molar-refractivity contribution in [3.05, 3.63) is 30.3 Å². The number of carbonyl (C=O) groups excluding carboxylic acids is 2. The molecular weight excluding hydrogens is 391 g/mol. The van der Waals surface area contributed by atoms with Gasteiger partial charge in [-0.05, 0) is 12.1 Å². The number of benzene rings is 1. The molecule has 0 aromatic heterocycles. The number of anilines is 1. The third-order valence-electron chi connectivity index (χ3n) is 4.62. The van der Waals surface area contributed by atoms with E-state index in [-0.39, 0.29) is 49.2 Å². The summed E-state index contributed by atoms with van der Waals surface area (Å²) in [4.78, 5) is 28.3. The number of halogens is 2. The predicted octanol–water partition coefficient (Wildman–Crippen LogP) is 0.673. The Morgan fingerprint density at radius 3 is 2.44 bits per heavy atom. The van der Waals surface area contributed by atoms with Gasteiger partial charge in [0.2, 0.25) is 11.8 Å². The van der Waals surface area contributed by atoms with Gasteiger partial charge in [-0.15, -0.1) is 24.8 Å². The van der Waals surface area contributed by atoms with Crippen LogP contribution in [0.15, 0.2) is 30.3 Å². The van der Waals surface area contributed by atoms with Crippen LogP contribution in [0.25, 0.3) is 0 Å². The molecule has 2 aliphatic heterocycles. The molecule has 1 aromatic rings. The second-order valence-electron chi connectivity index (χ2n) is 6.41. The second kappa shape index (κ2) is 12.0. The molecule has 0 saturated carbocycles. The molecule has 1 atom stereocenters. The summed E-state index contributed by atoms with van der Waals surface area (Å²) in [6, 6.07) is 10.3. The molecule has 2 aliphatic rings. The van der Waals surface area contributed by atoms with Crippen molar-refractivity contribution >= 4 is 42.3 Å². The molecule has 2 saturated heterocycles. The number of hydrogen-bond acceptors (Lipinski definition) is 5. The molecule has 2 amide bonds. The normalized spacial score (nSPS) is 19.5. The Kier molecular flexibility index (Phi) is 10.5. The minimum absolute atomic E-state index is 0. The number of rotatable bonds is 5. The fourth-order valence-corrected chi connectivity index (χ4v) is 3.19. The molecule has 0 bridgehead atoms. The Bertz CT molecular complexity index is 577. The number of piperazine rings is 1. The average Bonchev–Trinajstić information content (AvgIpc) is 2.68. The second-order valence-corrected chi connectivity index (χ2v) is 6.41. The lowest BCUT2D eigenvalue weighted by Gasteiger charge is -2.36. The summed E-state index contributed by atoms with van der Waals surface area (Å²) in [5.74, 6) is -0.131. The molecule has 1 unspecified atom stereocenters. The maximum absolute atomic E-state index is 12.3. The summed E-state index contributed by atoms with van der Waals surface area (Å²) in [7, 11) is 0. The van der Waals surface area contributed by atoms with Gasteiger partial charge in [0.1, 0.15) is 0 Å². The van der Waals surface area contributed by atoms with E-state index >= 15 is 0 Å². The summed E-state index contributed by atoms with van der Waals surface area (Å²) < 4.78 is 5.33. The number of para-hydroxylation sites is 1. The van der Waals surface area contributed by atoms with E-state index in [1.807, 2.05) is 23.1 Å². The number of morpholine rings is 1. The van der Waals surface area contributed by atoms with Gasteiger partial charge in [0, 0.05) is 50.9 Å². The van der Waals surface area contributed by atoms with Crippen molar-refractivity contribution in [2.75, 3.05) is 57.4 Å². The lowest BCUT2D eigenvalue weighted by Crippen LogP contribution is -2.51. The molecule has 0 spiro atoms. The highest BCUT2D eigenvalue weighted by atomic mass is 35.5. The number of ether oxygens (including phenoxy) is 1. The standard InChI is InChI=1S/C18H26N4O3.2ClH/c23-17(12-15-14-25-11-6-19-15)20-13-18(24)22-9-7-21(8-10-22)16-4-2-1-3-5-16;;/h1-5,15,19H,6-14H2,(H,20,23);2*1H. The zero-order valence-corrected chi connectivity index (χ0v) is 16.9. The molecular formula is C18H28Cl2N4O3. The first-order valence-corrected chi connectivity index (χ1v) is 8.88. The predicted molar refractivity (Wildman–Crippen MR) is 110 cm³/mol. The maximum Gasteiger partial charge on any atom is 0.242 e. The van der Waals surface area contributed by atoms with Gasteiger partial charge in [-0.1, -0.05) is 18.2 Å². The molecule has 7 nitrogen and oxygen atoms in total. The van der Waals surface area contributed by atoms with Crippen LogP contribution in [0.5, 0.6) is 0 Å². The minimum Gasteiger partial charge on any atom is -0.378 e. The van der Waals surface area contributed by atoms with E-state index in [2.05, 4.69) is 27.7 Å². The highest BCUT2D eigenvalue weighted by Crippen LogP contribution is 2.15. The Morgan fingerprint density at radius 1 is 1.11 bits per heavy atom. The van der Waals surface area contributed by atoms with Crippen LogP contribution in [-0.2, 0) is 14.3 Å². The molecule has 0 radical (unpaired) electrons. The lowest BCUT2D eigenvalue weighted by atomic mass is 10.2. The van der Waals surface area contributed by atoms with Crippen molar-refractivity contribution in [1.82, 2.24) is 15.5 Å². The van der Waals surface area contributed by atoms with Gasteiger partial charge in [-0.3, -0.25) is 9.59 Å². The van der Waals surface area contributed by atoms with E-state index in [0.29, 0.717) is 32.7 Å². The van der Waals surface area contributed by atoms with Crippen molar-refractivity contribution in [1.29, 1.82) is 0 Å². The van der Waals surface area contributed by atoms with E-state index in [1.165, 1.54) is 5.69 Å². The minimum atomic E-state index is -0.112. The average molecular weight is 419 g/mol. The maximum atomic E-state index is 12.3. The summed E-state index contributed by atoms with van der Waals surface area (Å²) in [6.07, 6.45) is 0.342. The monoisotopic (exact) mass is 418 g/mol. The first kappa shape index (κ1) is 23.5. The van der Waals surface area contributed by atoms with Crippen LogP contribution in [0, 0.1) is 0 Å². The third-order valence-corrected chi connectivity index (χ3v) is 4.62. The van der Waals surface area contributed by atoms with E-state index < -0.39 is 0 Å². The van der Waals surface area contributed by atoms with Crippen LogP contribution in [0.1, 0.15) is 6.42 Å². The Morgan fingerprint density at radius 2 is 1.81 bits per heavy atom. The molecule has 1 aromatic carbocycles. The molecule has 3 rings (SSSR count). The van der Waals surface area contributed by atoms with Crippen molar-refractivity contribution < 1.29 is 14.3 Å². The van der Waals surface area contributed by atoms with Crippen molar-refractivity contribution in [2.45, 2.75) is 12.5 Å². The van der Waals surface area contributed by atoms with Gasteiger partial charge in [0.05, 0.1) is 19.8 Å². The van der Waals surface area contributed by atoms with Crippen LogP contribution >= 0.6 is 24.8 Å². The van der Waals surface area contributed by atoms with Gasteiger partial charge < -0.3 is 25.2 Å². The quantitative estimate of drug-likeness (QED) is 0.734. The van der Waals surface area contributed by atoms with Crippen LogP contribution in [0.2, 0.25) is 0 Å². The molecule has 2 fully saturated rings. The molecule has 9 heteroatoms. The summed E-state index contributed by atoms with van der Waals surface area (Å²) in [5, 5.41) is 5.97. The van der Waals surface area contributed by atoms with Gasteiger partial charge in [-0.2, -0.15) is 0 Å². The van der Waals surface area contributed by atoms with Crippen LogP contribution < -0.4 is 15.5 Å². The van der Waals surface area contributed by atoms with Gasteiger partial charge in [0.25, 0.3) is 0 Å². The fourth-order valence-electron chi connectivity index (χ4n) is 3.19. The van der Waals surface area contributed by atoms with Crippen molar-refractivity contribution in [3.63, 3.8) is 0 Å². The van der Waals surface area contributed by atoms with Crippen LogP contribution in [0.4, 0.5) is 5.69 Å². The van der Waals surface area contributed by atoms with Gasteiger partial charge in [-0.25, -0.2) is 0 Å². The SMILES string of the molecule is Cl.Cl.O=C(CC1COCCN1)NCC(=O)N1CCN(c2ccccc2)CC1. The van der Waals surface area contributed by atoms with E-state index in [4.69, 9.17) is 4.74 Å². The zero-order valence-electron chi connectivity index (χ0n) is 15.3. The summed E-state index contributed by atoms with van der Waals surface area (Å²) in [6.45, 7) is 5.05. The van der Waals surface area contributed by atoms with Gasteiger partial charge >= 0.3 is 0 Å². The Labute approximate surface area is 172 Å². The molecule has 152 valence electrons. The number of amides is 2. The molecule has 2 N–H and O–H groups in total. The summed E-state index contributed by atoms with van der Waals surface area (Å²) in [5.41, 5.74) is 1.19. The number of nitrogens with zero attached hydrogens (tertiary/aromatic N) is 2. The lowest BCUT2D eigenvalue weighted by molar-refractivity contribution is -0.133. The van der Waals surface area contributed by atoms with E-state index in [0.717, 1.165) is 19.6 Å². The Hall–Kier alpha value is -1.54. The van der Waals surface area contributed by atoms with E-state index in [9.17, 15) is 9.59 Å². The highest BCUT2D eigenvalue weighted by Gasteiger charge is 2.22. The number of hydrogen-bond donors (Lipinski definition) is 2. The fraction of sp³-hybridized carbons (Fsp3) is 0.556. The first-order valence-electron chi connectivity index (χ1n) is 8.88. The molecule has 27 heavy (non-hydrogen) atoms. The summed E-state index contributed by atoms with van der Waals surface area (Å²) >= 11 is 0. The topological polar surface area (TPSA) is 73.9 Å². The molecule has 2 heterocycles.